The lowest BCUT2D eigenvalue weighted by Gasteiger charge is -2.12. The number of nitrogens with one attached hydrogen (secondary N) is 2. The summed E-state index contributed by atoms with van der Waals surface area (Å²) >= 11 is 0. The number of anilines is 1. The SMILES string of the molecule is CC(C)n1cc(N)cc1C(=O)NCCc1ncn[nH]1. The molecule has 0 saturated heterocycles. The fourth-order valence-electron chi connectivity index (χ4n) is 1.85. The Bertz CT molecular complexity index is 543. The van der Waals surface area contributed by atoms with Crippen molar-refractivity contribution in [3.63, 3.8) is 0 Å². The highest BCUT2D eigenvalue weighted by atomic mass is 16.1. The first-order valence-electron chi connectivity index (χ1n) is 6.17. The number of aromatic nitrogens is 4. The van der Waals surface area contributed by atoms with Gasteiger partial charge in [-0.15, -0.1) is 0 Å². The molecule has 2 aromatic heterocycles. The molecule has 0 unspecified atom stereocenters. The summed E-state index contributed by atoms with van der Waals surface area (Å²) in [5.74, 6) is 0.615. The second-order valence-corrected chi connectivity index (χ2v) is 4.60. The van der Waals surface area contributed by atoms with Crippen molar-refractivity contribution in [2.24, 2.45) is 0 Å². The lowest BCUT2D eigenvalue weighted by molar-refractivity contribution is 0.0943. The second-order valence-electron chi connectivity index (χ2n) is 4.60. The van der Waals surface area contributed by atoms with Gasteiger partial charge in [0.05, 0.1) is 5.69 Å². The quantitative estimate of drug-likeness (QED) is 0.739. The summed E-state index contributed by atoms with van der Waals surface area (Å²) < 4.78 is 1.86. The van der Waals surface area contributed by atoms with E-state index >= 15 is 0 Å². The average Bonchev–Trinajstić information content (AvgIpc) is 2.98. The first kappa shape index (κ1) is 13.1. The van der Waals surface area contributed by atoms with Crippen molar-refractivity contribution >= 4 is 11.6 Å². The van der Waals surface area contributed by atoms with Gasteiger partial charge in [-0.05, 0) is 19.9 Å². The average molecular weight is 262 g/mol. The number of nitrogens with two attached hydrogens (primary N) is 1. The van der Waals surface area contributed by atoms with E-state index in [0.717, 1.165) is 5.82 Å². The smallest absolute Gasteiger partial charge is 0.268 e. The number of carbonyl (C=O) groups excluding carboxylic acids is 1. The van der Waals surface area contributed by atoms with E-state index in [1.165, 1.54) is 6.33 Å². The summed E-state index contributed by atoms with van der Waals surface area (Å²) in [6.45, 7) is 4.51. The van der Waals surface area contributed by atoms with Crippen LogP contribution in [0, 0.1) is 0 Å². The number of H-pyrrole nitrogens is 1. The fourth-order valence-corrected chi connectivity index (χ4v) is 1.85. The monoisotopic (exact) mass is 262 g/mol. The summed E-state index contributed by atoms with van der Waals surface area (Å²) in [5, 5.41) is 9.34. The first-order valence-corrected chi connectivity index (χ1v) is 6.17. The van der Waals surface area contributed by atoms with Gasteiger partial charge in [-0.1, -0.05) is 0 Å². The molecule has 0 saturated carbocycles. The lowest BCUT2D eigenvalue weighted by Crippen LogP contribution is -2.28. The number of hydrogen-bond donors (Lipinski definition) is 3. The van der Waals surface area contributed by atoms with Crippen LogP contribution < -0.4 is 11.1 Å². The maximum Gasteiger partial charge on any atom is 0.268 e. The molecule has 2 rings (SSSR count). The minimum Gasteiger partial charge on any atom is -0.397 e. The second kappa shape index (κ2) is 5.55. The molecule has 7 heteroatoms. The number of hydrogen-bond acceptors (Lipinski definition) is 4. The molecular formula is C12H18N6O. The third-order valence-electron chi connectivity index (χ3n) is 2.77. The first-order chi connectivity index (χ1) is 9.08. The van der Waals surface area contributed by atoms with E-state index in [2.05, 4.69) is 20.5 Å². The molecule has 0 fully saturated rings. The molecule has 4 N–H and O–H groups in total. The van der Waals surface area contributed by atoms with Crippen LogP contribution in [-0.4, -0.2) is 32.2 Å². The predicted octanol–water partition coefficient (Wildman–Crippen LogP) is 0.742. The van der Waals surface area contributed by atoms with Gasteiger partial charge in [0.1, 0.15) is 17.8 Å². The van der Waals surface area contributed by atoms with Crippen LogP contribution >= 0.6 is 0 Å². The van der Waals surface area contributed by atoms with Crippen LogP contribution in [0.4, 0.5) is 5.69 Å². The van der Waals surface area contributed by atoms with E-state index < -0.39 is 0 Å². The summed E-state index contributed by atoms with van der Waals surface area (Å²) in [6, 6.07) is 1.87. The van der Waals surface area contributed by atoms with Crippen molar-refractivity contribution in [3.8, 4) is 0 Å². The van der Waals surface area contributed by atoms with Crippen LogP contribution in [0.15, 0.2) is 18.6 Å². The molecule has 0 aromatic carbocycles. The molecule has 0 aliphatic carbocycles. The van der Waals surface area contributed by atoms with Gasteiger partial charge >= 0.3 is 0 Å². The zero-order valence-corrected chi connectivity index (χ0v) is 11.1. The number of nitrogens with zero attached hydrogens (tertiary/aromatic N) is 3. The Hall–Kier alpha value is -2.31. The minimum absolute atomic E-state index is 0.134. The molecule has 0 radical (unpaired) electrons. The van der Waals surface area contributed by atoms with Crippen molar-refractivity contribution in [2.75, 3.05) is 12.3 Å². The Morgan fingerprint density at radius 3 is 3.00 bits per heavy atom. The van der Waals surface area contributed by atoms with E-state index in [9.17, 15) is 4.79 Å². The van der Waals surface area contributed by atoms with Crippen LogP contribution in [0.1, 0.15) is 36.2 Å². The molecule has 2 aromatic rings. The molecular weight excluding hydrogens is 244 g/mol. The van der Waals surface area contributed by atoms with Crippen LogP contribution in [0.3, 0.4) is 0 Å². The van der Waals surface area contributed by atoms with Crippen LogP contribution in [0.25, 0.3) is 0 Å². The Labute approximate surface area is 111 Å². The van der Waals surface area contributed by atoms with Crippen LogP contribution in [-0.2, 0) is 6.42 Å². The predicted molar refractivity (Wildman–Crippen MR) is 71.6 cm³/mol. The van der Waals surface area contributed by atoms with Gasteiger partial charge in [-0.3, -0.25) is 9.89 Å². The topological polar surface area (TPSA) is 102 Å². The van der Waals surface area contributed by atoms with E-state index in [-0.39, 0.29) is 11.9 Å². The maximum atomic E-state index is 12.1. The number of carbonyl (C=O) groups is 1. The number of aromatic amines is 1. The van der Waals surface area contributed by atoms with Gasteiger partial charge < -0.3 is 15.6 Å². The highest BCUT2D eigenvalue weighted by Crippen LogP contribution is 2.16. The minimum atomic E-state index is -0.134. The summed E-state index contributed by atoms with van der Waals surface area (Å²) in [5.41, 5.74) is 6.90. The zero-order chi connectivity index (χ0) is 13.8. The number of nitrogen functional groups attached to an aromatic ring is 1. The van der Waals surface area contributed by atoms with Crippen LogP contribution in [0.5, 0.6) is 0 Å². The van der Waals surface area contributed by atoms with E-state index in [0.29, 0.717) is 24.3 Å². The molecule has 7 nitrogen and oxygen atoms in total. The normalized spacial score (nSPS) is 10.9. The number of rotatable bonds is 5. The Kier molecular flexibility index (Phi) is 3.84. The molecule has 0 bridgehead atoms. The molecule has 1 amide bonds. The van der Waals surface area contributed by atoms with Crippen molar-refractivity contribution in [3.05, 3.63) is 30.1 Å². The molecule has 102 valence electrons. The van der Waals surface area contributed by atoms with E-state index in [1.807, 2.05) is 18.4 Å². The van der Waals surface area contributed by atoms with Gasteiger partial charge in [-0.25, -0.2) is 4.98 Å². The molecule has 2 heterocycles. The van der Waals surface area contributed by atoms with Gasteiger partial charge in [0, 0.05) is 25.2 Å². The Morgan fingerprint density at radius 1 is 1.58 bits per heavy atom. The Morgan fingerprint density at radius 2 is 2.37 bits per heavy atom. The molecule has 0 atom stereocenters. The van der Waals surface area contributed by atoms with Gasteiger partial charge in [-0.2, -0.15) is 5.10 Å². The van der Waals surface area contributed by atoms with Crippen molar-refractivity contribution < 1.29 is 4.79 Å². The maximum absolute atomic E-state index is 12.1. The fraction of sp³-hybridized carbons (Fsp3) is 0.417. The van der Waals surface area contributed by atoms with Crippen molar-refractivity contribution in [2.45, 2.75) is 26.3 Å². The van der Waals surface area contributed by atoms with Gasteiger partial charge in [0.15, 0.2) is 0 Å². The summed E-state index contributed by atoms with van der Waals surface area (Å²) in [4.78, 5) is 16.1. The summed E-state index contributed by atoms with van der Waals surface area (Å²) in [6.07, 6.45) is 3.83. The van der Waals surface area contributed by atoms with Crippen molar-refractivity contribution in [1.82, 2.24) is 25.1 Å². The number of amides is 1. The largest absolute Gasteiger partial charge is 0.397 e. The van der Waals surface area contributed by atoms with Crippen molar-refractivity contribution in [1.29, 1.82) is 0 Å². The lowest BCUT2D eigenvalue weighted by atomic mass is 10.3. The Balaban J connectivity index is 1.96. The van der Waals surface area contributed by atoms with E-state index in [4.69, 9.17) is 5.73 Å². The molecule has 0 spiro atoms. The standard InChI is InChI=1S/C12H18N6O/c1-8(2)18-6-9(13)5-10(18)12(19)14-4-3-11-15-7-16-17-11/h5-8H,3-4,13H2,1-2H3,(H,14,19)(H,15,16,17). The molecule has 0 aliphatic rings. The highest BCUT2D eigenvalue weighted by molar-refractivity contribution is 5.93. The van der Waals surface area contributed by atoms with Gasteiger partial charge in [0.25, 0.3) is 5.91 Å². The zero-order valence-electron chi connectivity index (χ0n) is 11.1. The third-order valence-corrected chi connectivity index (χ3v) is 2.77. The van der Waals surface area contributed by atoms with Crippen LogP contribution in [0.2, 0.25) is 0 Å². The highest BCUT2D eigenvalue weighted by Gasteiger charge is 2.14. The molecule has 19 heavy (non-hydrogen) atoms. The third kappa shape index (κ3) is 3.12. The van der Waals surface area contributed by atoms with E-state index in [1.54, 1.807) is 12.3 Å². The molecule has 0 aliphatic heterocycles. The summed E-state index contributed by atoms with van der Waals surface area (Å²) in [7, 11) is 0. The van der Waals surface area contributed by atoms with Gasteiger partial charge in [0.2, 0.25) is 0 Å².